The first-order valence-electron chi connectivity index (χ1n) is 28.5. The van der Waals surface area contributed by atoms with Crippen molar-refractivity contribution in [2.75, 3.05) is 13.2 Å². The molecule has 0 saturated carbocycles. The third kappa shape index (κ3) is 49.9. The van der Waals surface area contributed by atoms with Gasteiger partial charge in [0, 0.05) is 12.8 Å². The van der Waals surface area contributed by atoms with E-state index in [0.717, 1.165) is 38.5 Å². The van der Waals surface area contributed by atoms with Crippen LogP contribution in [0, 0.1) is 0 Å². The van der Waals surface area contributed by atoms with Gasteiger partial charge in [0.15, 0.2) is 0 Å². The highest BCUT2D eigenvalue weighted by Crippen LogP contribution is 2.17. The molecule has 3 N–H and O–H groups in total. The van der Waals surface area contributed by atoms with E-state index in [1.165, 1.54) is 250 Å². The fraction of sp³-hybridized carbons (Fsp3) is 0.930. The molecule has 0 radical (unpaired) electrons. The van der Waals surface area contributed by atoms with Crippen molar-refractivity contribution in [1.29, 1.82) is 0 Å². The highest BCUT2D eigenvalue weighted by atomic mass is 16.5. The van der Waals surface area contributed by atoms with Crippen LogP contribution in [0.25, 0.3) is 0 Å². The second-order valence-corrected chi connectivity index (χ2v) is 19.6. The summed E-state index contributed by atoms with van der Waals surface area (Å²) < 4.78 is 5.47. The number of unbranched alkanes of at least 4 members (excludes halogenated alkanes) is 42. The second kappa shape index (κ2) is 53.2. The van der Waals surface area contributed by atoms with Crippen molar-refractivity contribution >= 4 is 11.9 Å². The molecule has 0 aromatic heterocycles. The number of allylic oxidation sites excluding steroid dienone is 1. The number of ether oxygens (including phenoxy) is 1. The lowest BCUT2D eigenvalue weighted by molar-refractivity contribution is -0.143. The first-order chi connectivity index (χ1) is 31.0. The van der Waals surface area contributed by atoms with Gasteiger partial charge >= 0.3 is 5.97 Å². The van der Waals surface area contributed by atoms with Crippen molar-refractivity contribution < 1.29 is 24.5 Å². The van der Waals surface area contributed by atoms with Crippen LogP contribution in [0.5, 0.6) is 0 Å². The van der Waals surface area contributed by atoms with Gasteiger partial charge in [-0.2, -0.15) is 0 Å². The van der Waals surface area contributed by atoms with E-state index in [1.54, 1.807) is 6.08 Å². The molecule has 0 spiro atoms. The van der Waals surface area contributed by atoms with Gasteiger partial charge in [0.05, 0.1) is 25.4 Å². The van der Waals surface area contributed by atoms with Gasteiger partial charge in [-0.1, -0.05) is 283 Å². The van der Waals surface area contributed by atoms with E-state index in [4.69, 9.17) is 4.74 Å². The lowest BCUT2D eigenvalue weighted by Crippen LogP contribution is -2.45. The minimum Gasteiger partial charge on any atom is -0.466 e. The van der Waals surface area contributed by atoms with Crippen LogP contribution in [0.3, 0.4) is 0 Å². The van der Waals surface area contributed by atoms with Gasteiger partial charge in [0.1, 0.15) is 0 Å². The topological polar surface area (TPSA) is 95.9 Å². The van der Waals surface area contributed by atoms with Crippen molar-refractivity contribution in [1.82, 2.24) is 5.32 Å². The Balaban J connectivity index is 3.44. The van der Waals surface area contributed by atoms with Gasteiger partial charge in [-0.05, 0) is 32.1 Å². The number of amides is 1. The van der Waals surface area contributed by atoms with E-state index >= 15 is 0 Å². The lowest BCUT2D eigenvalue weighted by atomic mass is 10.0. The fourth-order valence-corrected chi connectivity index (χ4v) is 8.93. The van der Waals surface area contributed by atoms with Crippen molar-refractivity contribution in [2.45, 2.75) is 328 Å². The quantitative estimate of drug-likeness (QED) is 0.0321. The van der Waals surface area contributed by atoms with Gasteiger partial charge in [-0.3, -0.25) is 9.59 Å². The van der Waals surface area contributed by atoms with Crippen LogP contribution in [0.15, 0.2) is 12.2 Å². The minimum absolute atomic E-state index is 0.00642. The van der Waals surface area contributed by atoms with E-state index in [0.29, 0.717) is 19.4 Å². The summed E-state index contributed by atoms with van der Waals surface area (Å²) in [6.07, 6.45) is 62.2. The predicted molar refractivity (Wildman–Crippen MR) is 273 cm³/mol. The molecule has 1 amide bonds. The molecule has 0 bridgehead atoms. The Bertz CT molecular complexity index is 939. The van der Waals surface area contributed by atoms with Crippen LogP contribution in [0.1, 0.15) is 316 Å². The van der Waals surface area contributed by atoms with E-state index < -0.39 is 12.1 Å². The van der Waals surface area contributed by atoms with Crippen molar-refractivity contribution in [3.63, 3.8) is 0 Å². The third-order valence-corrected chi connectivity index (χ3v) is 13.3. The van der Waals surface area contributed by atoms with E-state index in [1.807, 2.05) is 6.08 Å². The standard InChI is InChI=1S/C57H111NO5/c1-3-5-7-9-11-13-15-17-18-22-26-29-33-37-41-45-49-55(60)54(53-59)58-56(61)50-46-42-38-34-30-27-23-20-19-21-24-28-32-36-40-44-48-52-63-57(62)51-47-43-39-35-31-25-16-14-12-10-8-6-4-2/h45,49,54-55,59-60H,3-44,46-48,50-53H2,1-2H3,(H,58,61)/b49-45+. The molecular formula is C57H111NO5. The SMILES string of the molecule is CCCCCCCCCCCCCCCC/C=C/C(O)C(CO)NC(=O)CCCCCCCCCCCCCCCCCCCOC(=O)CCCCCCCCCCCCCCC. The van der Waals surface area contributed by atoms with Gasteiger partial charge in [-0.15, -0.1) is 0 Å². The predicted octanol–water partition coefficient (Wildman–Crippen LogP) is 17.3. The first-order valence-corrected chi connectivity index (χ1v) is 28.5. The number of hydrogen-bond donors (Lipinski definition) is 3. The smallest absolute Gasteiger partial charge is 0.305 e. The highest BCUT2D eigenvalue weighted by Gasteiger charge is 2.18. The van der Waals surface area contributed by atoms with Gasteiger partial charge < -0.3 is 20.3 Å². The third-order valence-electron chi connectivity index (χ3n) is 13.3. The Hall–Kier alpha value is -1.40. The molecule has 2 atom stereocenters. The molecular weight excluding hydrogens is 779 g/mol. The Morgan fingerprint density at radius 3 is 1.08 bits per heavy atom. The number of nitrogens with one attached hydrogen (secondary N) is 1. The van der Waals surface area contributed by atoms with Crippen LogP contribution >= 0.6 is 0 Å². The van der Waals surface area contributed by atoms with Gasteiger partial charge in [0.25, 0.3) is 0 Å². The zero-order valence-electron chi connectivity index (χ0n) is 42.6. The number of rotatable bonds is 53. The number of aliphatic hydroxyl groups excluding tert-OH is 2. The van der Waals surface area contributed by atoms with Crippen LogP contribution in [-0.2, 0) is 14.3 Å². The summed E-state index contributed by atoms with van der Waals surface area (Å²) in [7, 11) is 0. The maximum atomic E-state index is 12.5. The molecule has 0 aliphatic rings. The maximum absolute atomic E-state index is 12.5. The van der Waals surface area contributed by atoms with Gasteiger partial charge in [0.2, 0.25) is 5.91 Å². The van der Waals surface area contributed by atoms with Crippen LogP contribution in [-0.4, -0.2) is 47.4 Å². The summed E-state index contributed by atoms with van der Waals surface area (Å²) in [4.78, 5) is 24.5. The molecule has 0 aliphatic carbocycles. The van der Waals surface area contributed by atoms with Crippen molar-refractivity contribution in [2.24, 2.45) is 0 Å². The second-order valence-electron chi connectivity index (χ2n) is 19.6. The monoisotopic (exact) mass is 890 g/mol. The summed E-state index contributed by atoms with van der Waals surface area (Å²) in [5, 5.41) is 23.1. The molecule has 0 heterocycles. The number of aliphatic hydroxyl groups is 2. The Morgan fingerprint density at radius 1 is 0.429 bits per heavy atom. The molecule has 0 aromatic rings. The number of carbonyl (C=O) groups excluding carboxylic acids is 2. The summed E-state index contributed by atoms with van der Waals surface area (Å²) in [5.74, 6) is -0.0647. The molecule has 0 aliphatic heterocycles. The average molecular weight is 891 g/mol. The molecule has 0 aromatic carbocycles. The minimum atomic E-state index is -0.847. The molecule has 6 heteroatoms. The highest BCUT2D eigenvalue weighted by molar-refractivity contribution is 5.76. The maximum Gasteiger partial charge on any atom is 0.305 e. The summed E-state index contributed by atoms with van der Waals surface area (Å²) in [6, 6.07) is -0.631. The fourth-order valence-electron chi connectivity index (χ4n) is 8.93. The molecule has 2 unspecified atom stereocenters. The summed E-state index contributed by atoms with van der Waals surface area (Å²) in [5.41, 5.74) is 0. The number of esters is 1. The molecule has 0 rings (SSSR count). The van der Waals surface area contributed by atoms with Gasteiger partial charge in [-0.25, -0.2) is 0 Å². The normalized spacial score (nSPS) is 12.6. The van der Waals surface area contributed by atoms with Crippen molar-refractivity contribution in [3.05, 3.63) is 12.2 Å². The zero-order valence-corrected chi connectivity index (χ0v) is 42.6. The van der Waals surface area contributed by atoms with Crippen molar-refractivity contribution in [3.8, 4) is 0 Å². The van der Waals surface area contributed by atoms with E-state index in [-0.39, 0.29) is 18.5 Å². The van der Waals surface area contributed by atoms with E-state index in [2.05, 4.69) is 19.2 Å². The largest absolute Gasteiger partial charge is 0.466 e. The van der Waals surface area contributed by atoms with Crippen LogP contribution < -0.4 is 5.32 Å². The Morgan fingerprint density at radius 2 is 0.730 bits per heavy atom. The summed E-state index contributed by atoms with van der Waals surface area (Å²) >= 11 is 0. The molecule has 63 heavy (non-hydrogen) atoms. The molecule has 374 valence electrons. The number of hydrogen-bond acceptors (Lipinski definition) is 5. The molecule has 0 saturated heterocycles. The average Bonchev–Trinajstić information content (AvgIpc) is 3.28. The zero-order chi connectivity index (χ0) is 45.8. The Kier molecular flexibility index (Phi) is 52.0. The van der Waals surface area contributed by atoms with E-state index in [9.17, 15) is 19.8 Å². The van der Waals surface area contributed by atoms with Crippen LogP contribution in [0.4, 0.5) is 0 Å². The Labute approximate surface area is 393 Å². The molecule has 0 fully saturated rings. The molecule has 6 nitrogen and oxygen atoms in total. The van der Waals surface area contributed by atoms with Crippen LogP contribution in [0.2, 0.25) is 0 Å². The lowest BCUT2D eigenvalue weighted by Gasteiger charge is -2.20. The number of carbonyl (C=O) groups is 2. The summed E-state index contributed by atoms with van der Waals surface area (Å²) in [6.45, 7) is 4.91. The first kappa shape index (κ1) is 61.6.